The number of carbonyl (C=O) groups is 1. The number of imidazole rings is 1. The fourth-order valence-corrected chi connectivity index (χ4v) is 3.35. The van der Waals surface area contributed by atoms with Gasteiger partial charge in [0, 0.05) is 25.4 Å². The van der Waals surface area contributed by atoms with Gasteiger partial charge in [-0.2, -0.15) is 0 Å². The molecule has 0 aliphatic carbocycles. The van der Waals surface area contributed by atoms with Gasteiger partial charge in [0.15, 0.2) is 0 Å². The van der Waals surface area contributed by atoms with Crippen LogP contribution in [0.3, 0.4) is 0 Å². The molecule has 2 aromatic carbocycles. The number of aryl methyl sites for hydroxylation is 1. The van der Waals surface area contributed by atoms with Gasteiger partial charge >= 0.3 is 0 Å². The molecule has 1 heterocycles. The summed E-state index contributed by atoms with van der Waals surface area (Å²) in [5, 5.41) is 3.00. The average molecular weight is 378 g/mol. The van der Waals surface area contributed by atoms with Crippen LogP contribution in [0, 0.1) is 5.92 Å². The molecule has 148 valence electrons. The molecular formula is C24H31N3O. The number of carbonyl (C=O) groups excluding carboxylic acids is 1. The van der Waals surface area contributed by atoms with Gasteiger partial charge in [-0.05, 0) is 35.6 Å². The maximum absolute atomic E-state index is 11.7. The third kappa shape index (κ3) is 4.80. The maximum Gasteiger partial charge on any atom is 0.222 e. The fourth-order valence-electron chi connectivity index (χ4n) is 3.35. The normalized spacial score (nSPS) is 11.5. The highest BCUT2D eigenvalue weighted by molar-refractivity contribution is 5.77. The number of para-hydroxylation sites is 2. The van der Waals surface area contributed by atoms with E-state index in [0.29, 0.717) is 12.5 Å². The van der Waals surface area contributed by atoms with Crippen LogP contribution in [0.4, 0.5) is 0 Å². The summed E-state index contributed by atoms with van der Waals surface area (Å²) in [4.78, 5) is 16.6. The molecule has 0 bridgehead atoms. The van der Waals surface area contributed by atoms with Crippen molar-refractivity contribution < 1.29 is 4.79 Å². The second-order valence-electron chi connectivity index (χ2n) is 8.05. The second kappa shape index (κ2) is 9.05. The molecule has 1 N–H and O–H groups in total. The van der Waals surface area contributed by atoms with Crippen molar-refractivity contribution in [1.82, 2.24) is 14.9 Å². The van der Waals surface area contributed by atoms with Gasteiger partial charge in [0.1, 0.15) is 5.82 Å². The van der Waals surface area contributed by atoms with E-state index in [1.54, 1.807) is 0 Å². The van der Waals surface area contributed by atoms with Gasteiger partial charge in [0.25, 0.3) is 0 Å². The van der Waals surface area contributed by atoms with E-state index in [-0.39, 0.29) is 11.8 Å². The van der Waals surface area contributed by atoms with E-state index in [4.69, 9.17) is 4.98 Å². The number of nitrogens with zero attached hydrogens (tertiary/aromatic N) is 2. The Hall–Kier alpha value is -2.62. The van der Waals surface area contributed by atoms with Gasteiger partial charge in [-0.25, -0.2) is 4.98 Å². The first-order valence-electron chi connectivity index (χ1n) is 10.3. The molecule has 0 unspecified atom stereocenters. The molecule has 4 nitrogen and oxygen atoms in total. The van der Waals surface area contributed by atoms with Crippen LogP contribution in [-0.4, -0.2) is 22.0 Å². The summed E-state index contributed by atoms with van der Waals surface area (Å²) in [6.07, 6.45) is 1.73. The predicted molar refractivity (Wildman–Crippen MR) is 116 cm³/mol. The maximum atomic E-state index is 11.7. The van der Waals surface area contributed by atoms with Crippen LogP contribution in [0.2, 0.25) is 0 Å². The molecule has 28 heavy (non-hydrogen) atoms. The van der Waals surface area contributed by atoms with E-state index in [1.165, 1.54) is 11.1 Å². The Labute approximate surface area is 168 Å². The summed E-state index contributed by atoms with van der Waals surface area (Å²) in [6, 6.07) is 17.2. The standard InChI is InChI=1S/C24H31N3O/c1-17(2)20-13-11-19(12-14-20)16-27-22-9-6-5-8-21(22)26-23(27)10-7-15-25-24(28)18(3)4/h5-6,8-9,11-14,17-18H,7,10,15-16H2,1-4H3,(H,25,28). The van der Waals surface area contributed by atoms with E-state index >= 15 is 0 Å². The van der Waals surface area contributed by atoms with Gasteiger partial charge in [0.05, 0.1) is 11.0 Å². The minimum atomic E-state index is 0.0263. The van der Waals surface area contributed by atoms with Crippen LogP contribution in [-0.2, 0) is 17.8 Å². The van der Waals surface area contributed by atoms with Crippen molar-refractivity contribution in [3.8, 4) is 0 Å². The van der Waals surface area contributed by atoms with Crippen LogP contribution in [0.25, 0.3) is 11.0 Å². The van der Waals surface area contributed by atoms with E-state index in [9.17, 15) is 4.79 Å². The van der Waals surface area contributed by atoms with Crippen LogP contribution < -0.4 is 5.32 Å². The molecule has 4 heteroatoms. The monoisotopic (exact) mass is 377 g/mol. The molecule has 0 radical (unpaired) electrons. The van der Waals surface area contributed by atoms with E-state index < -0.39 is 0 Å². The third-order valence-electron chi connectivity index (χ3n) is 5.12. The lowest BCUT2D eigenvalue weighted by Crippen LogP contribution is -2.28. The Morgan fingerprint density at radius 3 is 2.43 bits per heavy atom. The fraction of sp³-hybridized carbons (Fsp3) is 0.417. The molecular weight excluding hydrogens is 346 g/mol. The summed E-state index contributed by atoms with van der Waals surface area (Å²) in [5.74, 6) is 1.75. The molecule has 0 spiro atoms. The molecule has 3 rings (SSSR count). The Bertz CT molecular complexity index is 923. The van der Waals surface area contributed by atoms with Crippen LogP contribution >= 0.6 is 0 Å². The highest BCUT2D eigenvalue weighted by Gasteiger charge is 2.12. The Morgan fingerprint density at radius 1 is 1.04 bits per heavy atom. The lowest BCUT2D eigenvalue weighted by Gasteiger charge is -2.12. The van der Waals surface area contributed by atoms with Crippen molar-refractivity contribution in [3.05, 3.63) is 65.5 Å². The number of amides is 1. The van der Waals surface area contributed by atoms with Crippen LogP contribution in [0.1, 0.15) is 57.0 Å². The number of fused-ring (bicyclic) bond motifs is 1. The van der Waals surface area contributed by atoms with Crippen molar-refractivity contribution in [2.24, 2.45) is 5.92 Å². The van der Waals surface area contributed by atoms with Gasteiger partial charge in [0.2, 0.25) is 5.91 Å². The second-order valence-corrected chi connectivity index (χ2v) is 8.05. The number of hydrogen-bond acceptors (Lipinski definition) is 2. The van der Waals surface area contributed by atoms with Crippen molar-refractivity contribution in [2.45, 2.75) is 53.0 Å². The predicted octanol–water partition coefficient (Wildman–Crippen LogP) is 4.91. The number of aromatic nitrogens is 2. The molecule has 0 saturated heterocycles. The summed E-state index contributed by atoms with van der Waals surface area (Å²) in [5.41, 5.74) is 4.83. The third-order valence-corrected chi connectivity index (χ3v) is 5.12. The largest absolute Gasteiger partial charge is 0.356 e. The number of rotatable bonds is 8. The molecule has 1 amide bonds. The zero-order valence-corrected chi connectivity index (χ0v) is 17.4. The van der Waals surface area contributed by atoms with Crippen molar-refractivity contribution >= 4 is 16.9 Å². The van der Waals surface area contributed by atoms with Gasteiger partial charge in [-0.1, -0.05) is 64.1 Å². The highest BCUT2D eigenvalue weighted by Crippen LogP contribution is 2.20. The van der Waals surface area contributed by atoms with Crippen molar-refractivity contribution in [2.75, 3.05) is 6.54 Å². The molecule has 0 aliphatic heterocycles. The van der Waals surface area contributed by atoms with Crippen LogP contribution in [0.15, 0.2) is 48.5 Å². The smallest absolute Gasteiger partial charge is 0.222 e. The summed E-state index contributed by atoms with van der Waals surface area (Å²) in [7, 11) is 0. The summed E-state index contributed by atoms with van der Waals surface area (Å²) in [6.45, 7) is 9.76. The lowest BCUT2D eigenvalue weighted by atomic mass is 10.0. The van der Waals surface area contributed by atoms with Crippen molar-refractivity contribution in [3.63, 3.8) is 0 Å². The van der Waals surface area contributed by atoms with Crippen molar-refractivity contribution in [1.29, 1.82) is 0 Å². The van der Waals surface area contributed by atoms with E-state index in [2.05, 4.69) is 66.2 Å². The summed E-state index contributed by atoms with van der Waals surface area (Å²) >= 11 is 0. The van der Waals surface area contributed by atoms with E-state index in [1.807, 2.05) is 19.9 Å². The topological polar surface area (TPSA) is 46.9 Å². The Balaban J connectivity index is 1.76. The number of hydrogen-bond donors (Lipinski definition) is 1. The summed E-state index contributed by atoms with van der Waals surface area (Å²) < 4.78 is 2.31. The SMILES string of the molecule is CC(C)C(=O)NCCCc1nc2ccccc2n1Cc1ccc(C(C)C)cc1. The van der Waals surface area contributed by atoms with Gasteiger partial charge < -0.3 is 9.88 Å². The van der Waals surface area contributed by atoms with Gasteiger partial charge in [-0.3, -0.25) is 4.79 Å². The molecule has 0 aliphatic rings. The molecule has 1 aromatic heterocycles. The Morgan fingerprint density at radius 2 is 1.75 bits per heavy atom. The van der Waals surface area contributed by atoms with Gasteiger partial charge in [-0.15, -0.1) is 0 Å². The number of nitrogens with one attached hydrogen (secondary N) is 1. The first kappa shape index (κ1) is 20.1. The van der Waals surface area contributed by atoms with Crippen LogP contribution in [0.5, 0.6) is 0 Å². The first-order valence-corrected chi connectivity index (χ1v) is 10.3. The average Bonchev–Trinajstić information content (AvgIpc) is 3.03. The minimum absolute atomic E-state index is 0.0263. The molecule has 0 atom stereocenters. The molecule has 0 fully saturated rings. The first-order chi connectivity index (χ1) is 13.5. The van der Waals surface area contributed by atoms with E-state index in [0.717, 1.165) is 36.2 Å². The minimum Gasteiger partial charge on any atom is -0.356 e. The quantitative estimate of drug-likeness (QED) is 0.567. The molecule has 3 aromatic rings. The lowest BCUT2D eigenvalue weighted by molar-refractivity contribution is -0.123. The molecule has 0 saturated carbocycles. The number of benzene rings is 2. The highest BCUT2D eigenvalue weighted by atomic mass is 16.1. The zero-order valence-electron chi connectivity index (χ0n) is 17.4. The zero-order chi connectivity index (χ0) is 20.1. The Kier molecular flexibility index (Phi) is 6.50.